The molecular weight excluding hydrogens is 412 g/mol. The topological polar surface area (TPSA) is 79.8 Å². The molecule has 0 radical (unpaired) electrons. The van der Waals surface area contributed by atoms with Crippen molar-refractivity contribution < 1.29 is 4.79 Å². The quantitative estimate of drug-likeness (QED) is 0.361. The predicted molar refractivity (Wildman–Crippen MR) is 116 cm³/mol. The monoisotopic (exact) mass is 432 g/mol. The minimum atomic E-state index is -0.231. The number of thiazole rings is 1. The molecule has 0 unspecified atom stereocenters. The van der Waals surface area contributed by atoms with Crippen LogP contribution < -0.4 is 10.9 Å². The number of para-hydroxylation sites is 1. The lowest BCUT2D eigenvalue weighted by Gasteiger charge is -2.22. The Kier molecular flexibility index (Phi) is 5.93. The minimum Gasteiger partial charge on any atom is -0.353 e. The number of nitrogens with one attached hydrogen (secondary N) is 2. The zero-order valence-electron chi connectivity index (χ0n) is 15.1. The molecule has 6 nitrogen and oxygen atoms in total. The summed E-state index contributed by atoms with van der Waals surface area (Å²) in [6.45, 7) is 0. The number of rotatable bonds is 5. The van der Waals surface area contributed by atoms with E-state index in [2.05, 4.69) is 15.3 Å². The van der Waals surface area contributed by atoms with Gasteiger partial charge in [-0.2, -0.15) is 0 Å². The molecule has 9 heteroatoms. The second-order valence-corrected chi connectivity index (χ2v) is 9.36. The van der Waals surface area contributed by atoms with Crippen molar-refractivity contribution in [3.05, 3.63) is 44.6 Å². The molecule has 1 saturated carbocycles. The van der Waals surface area contributed by atoms with Gasteiger partial charge in [-0.3, -0.25) is 14.2 Å². The lowest BCUT2D eigenvalue weighted by molar-refractivity contribution is -0.119. The summed E-state index contributed by atoms with van der Waals surface area (Å²) in [7, 11) is 0. The van der Waals surface area contributed by atoms with E-state index in [0.29, 0.717) is 19.5 Å². The van der Waals surface area contributed by atoms with Crippen LogP contribution in [0.1, 0.15) is 32.1 Å². The molecule has 4 rings (SSSR count). The summed E-state index contributed by atoms with van der Waals surface area (Å²) >= 11 is 7.93. The summed E-state index contributed by atoms with van der Waals surface area (Å²) in [6.07, 6.45) is 5.69. The molecule has 1 fully saturated rings. The van der Waals surface area contributed by atoms with Crippen LogP contribution in [0.5, 0.6) is 0 Å². The van der Waals surface area contributed by atoms with Crippen molar-refractivity contribution in [1.82, 2.24) is 19.9 Å². The molecule has 2 N–H and O–H groups in total. The van der Waals surface area contributed by atoms with Crippen LogP contribution in [-0.2, 0) is 4.79 Å². The summed E-state index contributed by atoms with van der Waals surface area (Å²) in [5.41, 5.74) is 1.16. The van der Waals surface area contributed by atoms with E-state index in [1.54, 1.807) is 4.57 Å². The van der Waals surface area contributed by atoms with Crippen molar-refractivity contribution in [2.24, 2.45) is 0 Å². The summed E-state index contributed by atoms with van der Waals surface area (Å²) in [5, 5.41) is 3.51. The number of hydrogen-bond donors (Lipinski definition) is 2. The van der Waals surface area contributed by atoms with Crippen molar-refractivity contribution in [1.29, 1.82) is 0 Å². The van der Waals surface area contributed by atoms with Gasteiger partial charge in [-0.25, -0.2) is 4.98 Å². The van der Waals surface area contributed by atoms with Crippen LogP contribution in [0.3, 0.4) is 0 Å². The lowest BCUT2D eigenvalue weighted by atomic mass is 9.95. The third-order valence-electron chi connectivity index (χ3n) is 4.75. The molecule has 146 valence electrons. The zero-order valence-corrected chi connectivity index (χ0v) is 17.6. The predicted octanol–water partition coefficient (Wildman–Crippen LogP) is 4.05. The molecule has 0 bridgehead atoms. The molecule has 0 aliphatic heterocycles. The van der Waals surface area contributed by atoms with Crippen molar-refractivity contribution in [3.8, 4) is 5.69 Å². The number of benzene rings is 1. The fourth-order valence-corrected chi connectivity index (χ4v) is 5.36. The molecule has 1 aromatic carbocycles. The van der Waals surface area contributed by atoms with Crippen LogP contribution in [0.2, 0.25) is 0 Å². The number of hydrogen-bond acceptors (Lipinski definition) is 6. The van der Waals surface area contributed by atoms with Gasteiger partial charge in [0.15, 0.2) is 14.8 Å². The molecule has 2 heterocycles. The Labute approximate surface area is 175 Å². The average molecular weight is 433 g/mol. The van der Waals surface area contributed by atoms with Gasteiger partial charge in [0.1, 0.15) is 4.70 Å². The second kappa shape index (κ2) is 8.59. The van der Waals surface area contributed by atoms with E-state index in [-0.39, 0.29) is 23.3 Å². The number of thioether (sulfide) groups is 1. The number of amides is 1. The Bertz CT molecular complexity index is 1100. The number of H-pyrrole nitrogens is 1. The van der Waals surface area contributed by atoms with Crippen LogP contribution in [-0.4, -0.2) is 32.2 Å². The zero-order chi connectivity index (χ0) is 19.5. The Morgan fingerprint density at radius 1 is 1.29 bits per heavy atom. The third kappa shape index (κ3) is 4.21. The fraction of sp³-hybridized carbons (Fsp3) is 0.368. The highest BCUT2D eigenvalue weighted by molar-refractivity contribution is 7.99. The first-order valence-electron chi connectivity index (χ1n) is 9.25. The first-order chi connectivity index (χ1) is 13.6. The molecule has 0 saturated heterocycles. The highest BCUT2D eigenvalue weighted by Crippen LogP contribution is 2.24. The molecule has 1 aliphatic rings. The molecule has 0 atom stereocenters. The van der Waals surface area contributed by atoms with Crippen LogP contribution in [0.15, 0.2) is 40.3 Å². The van der Waals surface area contributed by atoms with Gasteiger partial charge in [-0.05, 0) is 37.2 Å². The van der Waals surface area contributed by atoms with E-state index < -0.39 is 0 Å². The standard InChI is InChI=1S/C19H20N4O2S3/c24-14(20-12-7-3-1-4-8-12)11-27-18-21-16-15(17(25)22-18)28-19(26)23(16)13-9-5-2-6-10-13/h2,5-6,9-10,12H,1,3-4,7-8,11H2,(H,20,24)(H,21,22,25). The maximum Gasteiger partial charge on any atom is 0.271 e. The van der Waals surface area contributed by atoms with Gasteiger partial charge in [0.05, 0.1) is 5.75 Å². The van der Waals surface area contributed by atoms with Crippen molar-refractivity contribution >= 4 is 51.6 Å². The molecular formula is C19H20N4O2S3. The lowest BCUT2D eigenvalue weighted by Crippen LogP contribution is -2.37. The number of aromatic nitrogens is 3. The number of carbonyl (C=O) groups is 1. The van der Waals surface area contributed by atoms with Gasteiger partial charge in [0.2, 0.25) is 5.91 Å². The van der Waals surface area contributed by atoms with Gasteiger partial charge in [-0.15, -0.1) is 0 Å². The molecule has 2 aromatic heterocycles. The first kappa shape index (κ1) is 19.4. The van der Waals surface area contributed by atoms with Crippen LogP contribution in [0.4, 0.5) is 0 Å². The molecule has 28 heavy (non-hydrogen) atoms. The van der Waals surface area contributed by atoms with Crippen molar-refractivity contribution in [2.75, 3.05) is 5.75 Å². The highest BCUT2D eigenvalue weighted by atomic mass is 32.2. The number of carbonyl (C=O) groups excluding carboxylic acids is 1. The normalized spacial score (nSPS) is 15.0. The van der Waals surface area contributed by atoms with Gasteiger partial charge in [-0.1, -0.05) is 60.6 Å². The van der Waals surface area contributed by atoms with Crippen LogP contribution >= 0.6 is 35.3 Å². The van der Waals surface area contributed by atoms with Crippen molar-refractivity contribution in [2.45, 2.75) is 43.3 Å². The van der Waals surface area contributed by atoms with E-state index in [1.165, 1.54) is 42.4 Å². The fourth-order valence-electron chi connectivity index (χ4n) is 3.42. The van der Waals surface area contributed by atoms with Gasteiger partial charge < -0.3 is 10.3 Å². The maximum absolute atomic E-state index is 12.5. The van der Waals surface area contributed by atoms with Gasteiger partial charge >= 0.3 is 0 Å². The minimum absolute atomic E-state index is 0.0233. The summed E-state index contributed by atoms with van der Waals surface area (Å²) in [4.78, 5) is 32.1. The summed E-state index contributed by atoms with van der Waals surface area (Å²) in [5.74, 6) is 0.200. The average Bonchev–Trinajstić information content (AvgIpc) is 3.04. The Balaban J connectivity index is 1.56. The van der Waals surface area contributed by atoms with E-state index in [9.17, 15) is 9.59 Å². The molecule has 0 spiro atoms. The first-order valence-corrected chi connectivity index (χ1v) is 11.5. The Hall–Kier alpha value is -1.97. The highest BCUT2D eigenvalue weighted by Gasteiger charge is 2.17. The van der Waals surface area contributed by atoms with Crippen molar-refractivity contribution in [3.63, 3.8) is 0 Å². The number of fused-ring (bicyclic) bond motifs is 1. The molecule has 1 amide bonds. The number of nitrogens with zero attached hydrogens (tertiary/aromatic N) is 2. The van der Waals surface area contributed by atoms with E-state index in [1.807, 2.05) is 30.3 Å². The smallest absolute Gasteiger partial charge is 0.271 e. The molecule has 1 aliphatic carbocycles. The second-order valence-electron chi connectivity index (χ2n) is 6.75. The van der Waals surface area contributed by atoms with E-state index in [0.717, 1.165) is 18.5 Å². The maximum atomic E-state index is 12.5. The summed E-state index contributed by atoms with van der Waals surface area (Å²) < 4.78 is 2.86. The third-order valence-corrected chi connectivity index (χ3v) is 6.98. The number of aromatic amines is 1. The Morgan fingerprint density at radius 3 is 2.79 bits per heavy atom. The van der Waals surface area contributed by atoms with Gasteiger partial charge in [0.25, 0.3) is 5.56 Å². The van der Waals surface area contributed by atoms with Gasteiger partial charge in [0, 0.05) is 11.7 Å². The SMILES string of the molecule is O=C(CSc1nc2c(sc(=S)n2-c2ccccc2)c(=O)[nH]1)NC1CCCCC1. The largest absolute Gasteiger partial charge is 0.353 e. The van der Waals surface area contributed by atoms with E-state index in [4.69, 9.17) is 12.2 Å². The van der Waals surface area contributed by atoms with Crippen LogP contribution in [0.25, 0.3) is 16.0 Å². The molecule has 3 aromatic rings. The summed E-state index contributed by atoms with van der Waals surface area (Å²) in [6, 6.07) is 9.88. The van der Waals surface area contributed by atoms with Crippen LogP contribution in [0, 0.1) is 3.95 Å². The van der Waals surface area contributed by atoms with E-state index >= 15 is 0 Å². The Morgan fingerprint density at radius 2 is 2.04 bits per heavy atom.